The van der Waals surface area contributed by atoms with Gasteiger partial charge in [-0.1, -0.05) is 140 Å². The van der Waals surface area contributed by atoms with Crippen LogP contribution in [0.4, 0.5) is 11.4 Å². The molecule has 8 aromatic rings. The van der Waals surface area contributed by atoms with Crippen LogP contribution in [0, 0.1) is 0 Å². The van der Waals surface area contributed by atoms with E-state index < -0.39 is 0 Å². The minimum absolute atomic E-state index is 0.0218. The average Bonchev–Trinajstić information content (AvgIpc) is 3.65. The number of fused-ring (bicyclic) bond motifs is 10. The van der Waals surface area contributed by atoms with Crippen molar-refractivity contribution in [2.45, 2.75) is 131 Å². The van der Waals surface area contributed by atoms with E-state index in [4.69, 9.17) is 0 Å². The first-order valence-electron chi connectivity index (χ1n) is 22.2. The van der Waals surface area contributed by atoms with Crippen LogP contribution in [0.5, 0.6) is 0 Å². The molecule has 0 fully saturated rings. The Bertz CT molecular complexity index is 3110. The monoisotopic (exact) mass is 788 g/mol. The van der Waals surface area contributed by atoms with E-state index in [9.17, 15) is 0 Å². The lowest BCUT2D eigenvalue weighted by Gasteiger charge is -2.36. The van der Waals surface area contributed by atoms with E-state index in [1.54, 1.807) is 0 Å². The average molecular weight is 788 g/mol. The molecule has 0 spiro atoms. The molecular formula is C56H62BN3. The molecule has 304 valence electrons. The molecule has 0 unspecified atom stereocenters. The van der Waals surface area contributed by atoms with Crippen molar-refractivity contribution in [2.24, 2.45) is 0 Å². The summed E-state index contributed by atoms with van der Waals surface area (Å²) in [5.41, 5.74) is 21.0. The predicted octanol–water partition coefficient (Wildman–Crippen LogP) is 13.3. The van der Waals surface area contributed by atoms with Gasteiger partial charge in [-0.05, 0) is 132 Å². The fraction of sp³-hybridized carbons (Fsp3) is 0.357. The van der Waals surface area contributed by atoms with Crippen molar-refractivity contribution in [1.29, 1.82) is 0 Å². The highest BCUT2D eigenvalue weighted by Gasteiger charge is 2.41. The Hall–Kier alpha value is -5.22. The summed E-state index contributed by atoms with van der Waals surface area (Å²) in [5.74, 6) is 0. The lowest BCUT2D eigenvalue weighted by molar-refractivity contribution is 0.590. The number of nitrogens with zero attached hydrogens (tertiary/aromatic N) is 2. The molecule has 0 radical (unpaired) electrons. The standard InChI is InChI=1S/C56H62BN3/c1-52(2,3)32-16-20-37(21-17-32)59-46-22-18-33(53(4,5)6)24-38(46)40-30-42-44(31-48(40)59)58-45-28-36(56(13,14)15)29-49-50(45)57(42)43-27-35(55(10,11)12)26-41-39-25-34(54(7,8)9)19-23-47(39)60(49)51(41)43/h16-31,58H,1-15H3. The molecule has 2 aliphatic rings. The van der Waals surface area contributed by atoms with E-state index in [2.05, 4.69) is 215 Å². The molecule has 0 amide bonds. The van der Waals surface area contributed by atoms with Gasteiger partial charge >= 0.3 is 0 Å². The number of hydrogen-bond acceptors (Lipinski definition) is 1. The lowest BCUT2D eigenvalue weighted by atomic mass is 9.33. The fourth-order valence-electron chi connectivity index (χ4n) is 10.1. The van der Waals surface area contributed by atoms with Gasteiger partial charge in [0.1, 0.15) is 0 Å². The summed E-state index contributed by atoms with van der Waals surface area (Å²) >= 11 is 0. The van der Waals surface area contributed by atoms with Crippen molar-refractivity contribution in [1.82, 2.24) is 9.13 Å². The van der Waals surface area contributed by atoms with Crippen LogP contribution >= 0.6 is 0 Å². The Kier molecular flexibility index (Phi) is 7.93. The van der Waals surface area contributed by atoms with Gasteiger partial charge < -0.3 is 14.5 Å². The van der Waals surface area contributed by atoms with E-state index >= 15 is 0 Å². The van der Waals surface area contributed by atoms with Gasteiger partial charge in [0.25, 0.3) is 6.71 Å². The molecule has 2 aliphatic heterocycles. The summed E-state index contributed by atoms with van der Waals surface area (Å²) in [6, 6.07) is 38.8. The summed E-state index contributed by atoms with van der Waals surface area (Å²) < 4.78 is 5.12. The van der Waals surface area contributed by atoms with E-state index in [1.807, 2.05) is 0 Å². The summed E-state index contributed by atoms with van der Waals surface area (Å²) in [6.45, 7) is 35.1. The summed E-state index contributed by atoms with van der Waals surface area (Å²) in [5, 5.41) is 9.44. The van der Waals surface area contributed by atoms with E-state index in [-0.39, 0.29) is 33.8 Å². The fourth-order valence-corrected chi connectivity index (χ4v) is 10.1. The number of aromatic nitrogens is 2. The molecule has 60 heavy (non-hydrogen) atoms. The molecule has 6 aromatic carbocycles. The van der Waals surface area contributed by atoms with Crippen LogP contribution in [0.1, 0.15) is 132 Å². The van der Waals surface area contributed by atoms with Gasteiger partial charge in [0.05, 0.1) is 16.6 Å². The van der Waals surface area contributed by atoms with Gasteiger partial charge in [0.15, 0.2) is 0 Å². The van der Waals surface area contributed by atoms with Crippen molar-refractivity contribution < 1.29 is 0 Å². The SMILES string of the molecule is CC(C)(C)c1ccc(-n2c3ccc(C(C)(C)C)cc3c3cc4c(cc32)Nc2cc(C(C)(C)C)cc3c2B4c2cc(C(C)(C)C)cc4c5cc(C(C)(C)C)ccc5n-3c24)cc1. The first-order valence-corrected chi connectivity index (χ1v) is 22.2. The Labute approximate surface area is 358 Å². The summed E-state index contributed by atoms with van der Waals surface area (Å²) in [7, 11) is 0. The van der Waals surface area contributed by atoms with Gasteiger partial charge in [-0.2, -0.15) is 0 Å². The zero-order chi connectivity index (χ0) is 42.8. The van der Waals surface area contributed by atoms with Gasteiger partial charge in [-0.3, -0.25) is 0 Å². The Balaban J connectivity index is 1.34. The zero-order valence-corrected chi connectivity index (χ0v) is 38.7. The summed E-state index contributed by atoms with van der Waals surface area (Å²) in [6.07, 6.45) is 0. The summed E-state index contributed by atoms with van der Waals surface area (Å²) in [4.78, 5) is 0. The van der Waals surface area contributed by atoms with Crippen LogP contribution < -0.4 is 21.7 Å². The largest absolute Gasteiger partial charge is 0.356 e. The third-order valence-electron chi connectivity index (χ3n) is 13.9. The van der Waals surface area contributed by atoms with Crippen LogP contribution in [-0.2, 0) is 27.1 Å². The molecule has 0 bridgehead atoms. The van der Waals surface area contributed by atoms with Crippen LogP contribution in [0.3, 0.4) is 0 Å². The Morgan fingerprint density at radius 2 is 0.867 bits per heavy atom. The van der Waals surface area contributed by atoms with Gasteiger partial charge in [-0.25, -0.2) is 0 Å². The molecule has 10 rings (SSSR count). The van der Waals surface area contributed by atoms with Crippen molar-refractivity contribution in [2.75, 3.05) is 5.32 Å². The van der Waals surface area contributed by atoms with Gasteiger partial charge in [0, 0.05) is 49.8 Å². The molecular weight excluding hydrogens is 725 g/mol. The molecule has 1 N–H and O–H groups in total. The number of benzene rings is 6. The zero-order valence-electron chi connectivity index (χ0n) is 38.7. The van der Waals surface area contributed by atoms with Crippen LogP contribution in [0.2, 0.25) is 0 Å². The predicted molar refractivity (Wildman–Crippen MR) is 263 cm³/mol. The first-order chi connectivity index (χ1) is 27.9. The highest BCUT2D eigenvalue weighted by atomic mass is 15.0. The minimum Gasteiger partial charge on any atom is -0.356 e. The van der Waals surface area contributed by atoms with E-state index in [0.29, 0.717) is 0 Å². The maximum atomic E-state index is 4.12. The Morgan fingerprint density at radius 1 is 0.383 bits per heavy atom. The number of rotatable bonds is 1. The quantitative estimate of drug-likeness (QED) is 0.164. The smallest absolute Gasteiger partial charge is 0.252 e. The number of hydrogen-bond donors (Lipinski definition) is 1. The second-order valence-corrected chi connectivity index (χ2v) is 23.4. The maximum absolute atomic E-state index is 4.12. The highest BCUT2D eigenvalue weighted by Crippen LogP contribution is 2.43. The molecule has 0 saturated heterocycles. The van der Waals surface area contributed by atoms with Crippen molar-refractivity contribution in [3.05, 3.63) is 125 Å². The first kappa shape index (κ1) is 39.0. The second-order valence-electron chi connectivity index (χ2n) is 23.4. The van der Waals surface area contributed by atoms with Crippen molar-refractivity contribution in [3.8, 4) is 11.4 Å². The van der Waals surface area contributed by atoms with Crippen LogP contribution in [0.15, 0.2) is 97.1 Å². The maximum Gasteiger partial charge on any atom is 0.252 e. The van der Waals surface area contributed by atoms with Crippen molar-refractivity contribution in [3.63, 3.8) is 0 Å². The third kappa shape index (κ3) is 5.76. The van der Waals surface area contributed by atoms with E-state index in [1.165, 1.54) is 111 Å². The molecule has 4 heteroatoms. The minimum atomic E-state index is -0.0405. The molecule has 0 atom stereocenters. The Morgan fingerprint density at radius 3 is 1.43 bits per heavy atom. The second kappa shape index (κ2) is 12.2. The molecule has 4 heterocycles. The molecule has 0 aliphatic carbocycles. The van der Waals surface area contributed by atoms with Gasteiger partial charge in [-0.15, -0.1) is 0 Å². The topological polar surface area (TPSA) is 21.9 Å². The number of nitrogens with one attached hydrogen (secondary N) is 1. The van der Waals surface area contributed by atoms with Crippen LogP contribution in [0.25, 0.3) is 55.0 Å². The normalized spacial score (nSPS) is 14.3. The molecule has 3 nitrogen and oxygen atoms in total. The van der Waals surface area contributed by atoms with Crippen molar-refractivity contribution >= 4 is 78.1 Å². The molecule has 2 aromatic heterocycles. The van der Waals surface area contributed by atoms with Gasteiger partial charge in [0.2, 0.25) is 0 Å². The molecule has 0 saturated carbocycles. The van der Waals surface area contributed by atoms with Crippen LogP contribution in [-0.4, -0.2) is 15.8 Å². The lowest BCUT2D eigenvalue weighted by Crippen LogP contribution is -2.59. The highest BCUT2D eigenvalue weighted by molar-refractivity contribution is 7.00. The third-order valence-corrected chi connectivity index (χ3v) is 13.9. The number of anilines is 2. The van der Waals surface area contributed by atoms with E-state index in [0.717, 1.165) is 0 Å².